The Labute approximate surface area is 91.9 Å². The van der Waals surface area contributed by atoms with E-state index in [0.29, 0.717) is 11.3 Å². The van der Waals surface area contributed by atoms with Gasteiger partial charge in [-0.1, -0.05) is 6.92 Å². The van der Waals surface area contributed by atoms with Gasteiger partial charge in [-0.05, 0) is 30.6 Å². The van der Waals surface area contributed by atoms with E-state index in [9.17, 15) is 0 Å². The van der Waals surface area contributed by atoms with Crippen molar-refractivity contribution in [2.24, 2.45) is 11.3 Å². The minimum absolute atomic E-state index is 0.290. The molecule has 1 aliphatic heterocycles. The molecular weight excluding hydrogens is 200 g/mol. The van der Waals surface area contributed by atoms with E-state index in [1.165, 1.54) is 0 Å². The smallest absolute Gasteiger partial charge is 0.0471 e. The first-order valence-corrected chi connectivity index (χ1v) is 5.91. The van der Waals surface area contributed by atoms with Crippen molar-refractivity contribution < 1.29 is 9.47 Å². The van der Waals surface area contributed by atoms with Crippen LogP contribution in [0.4, 0.5) is 0 Å². The van der Waals surface area contributed by atoms with E-state index in [1.807, 2.05) is 0 Å². The Balaban J connectivity index is 2.48. The maximum absolute atomic E-state index is 6.11. The zero-order chi connectivity index (χ0) is 10.4. The van der Waals surface area contributed by atoms with Gasteiger partial charge in [0.05, 0.1) is 0 Å². The van der Waals surface area contributed by atoms with E-state index >= 15 is 0 Å². The molecule has 0 spiro atoms. The number of methoxy groups -OCH3 is 1. The van der Waals surface area contributed by atoms with Crippen LogP contribution in [-0.2, 0) is 9.47 Å². The fourth-order valence-corrected chi connectivity index (χ4v) is 2.67. The molecule has 0 aromatic rings. The maximum atomic E-state index is 6.11. The Morgan fingerprint density at radius 3 is 2.57 bits per heavy atom. The number of rotatable bonds is 5. The molecule has 0 radical (unpaired) electrons. The monoisotopic (exact) mass is 220 g/mol. The van der Waals surface area contributed by atoms with E-state index < -0.39 is 0 Å². The van der Waals surface area contributed by atoms with Crippen LogP contribution in [0.1, 0.15) is 26.2 Å². The van der Waals surface area contributed by atoms with Crippen LogP contribution >= 0.6 is 11.6 Å². The highest BCUT2D eigenvalue weighted by Crippen LogP contribution is 2.40. The average molecular weight is 221 g/mol. The van der Waals surface area contributed by atoms with E-state index in [2.05, 4.69) is 6.92 Å². The SMILES string of the molecule is COCCC(C)C1(CCl)CCOCC1. The molecule has 14 heavy (non-hydrogen) atoms. The molecule has 0 aliphatic carbocycles. The van der Waals surface area contributed by atoms with Crippen LogP contribution in [0.2, 0.25) is 0 Å². The quantitative estimate of drug-likeness (QED) is 0.664. The largest absolute Gasteiger partial charge is 0.385 e. The van der Waals surface area contributed by atoms with Crippen molar-refractivity contribution in [3.05, 3.63) is 0 Å². The minimum Gasteiger partial charge on any atom is -0.385 e. The van der Waals surface area contributed by atoms with Gasteiger partial charge in [0.15, 0.2) is 0 Å². The lowest BCUT2D eigenvalue weighted by Crippen LogP contribution is -2.37. The summed E-state index contributed by atoms with van der Waals surface area (Å²) in [5, 5.41) is 0. The Hall–Kier alpha value is 0.210. The summed E-state index contributed by atoms with van der Waals surface area (Å²) in [5.41, 5.74) is 0.290. The first-order chi connectivity index (χ1) is 6.75. The van der Waals surface area contributed by atoms with Crippen molar-refractivity contribution in [2.75, 3.05) is 32.8 Å². The van der Waals surface area contributed by atoms with Crippen LogP contribution in [0.3, 0.4) is 0 Å². The Bertz CT molecular complexity index is 155. The van der Waals surface area contributed by atoms with Gasteiger partial charge in [0.1, 0.15) is 0 Å². The molecule has 0 saturated carbocycles. The summed E-state index contributed by atoms with van der Waals surface area (Å²) in [6.07, 6.45) is 3.30. The molecule has 1 heterocycles. The summed E-state index contributed by atoms with van der Waals surface area (Å²) >= 11 is 6.11. The topological polar surface area (TPSA) is 18.5 Å². The van der Waals surface area contributed by atoms with Gasteiger partial charge in [0.25, 0.3) is 0 Å². The second-order valence-electron chi connectivity index (χ2n) is 4.29. The van der Waals surface area contributed by atoms with Crippen LogP contribution in [0.5, 0.6) is 0 Å². The van der Waals surface area contributed by atoms with Crippen LogP contribution in [0.15, 0.2) is 0 Å². The summed E-state index contributed by atoms with van der Waals surface area (Å²) in [5.74, 6) is 1.38. The predicted molar refractivity (Wildman–Crippen MR) is 58.9 cm³/mol. The third-order valence-electron chi connectivity index (χ3n) is 3.56. The number of alkyl halides is 1. The lowest BCUT2D eigenvalue weighted by Gasteiger charge is -2.40. The summed E-state index contributed by atoms with van der Waals surface area (Å²) in [4.78, 5) is 0. The van der Waals surface area contributed by atoms with Gasteiger partial charge in [-0.2, -0.15) is 0 Å². The summed E-state index contributed by atoms with van der Waals surface area (Å²) in [6, 6.07) is 0. The molecule has 0 aromatic heterocycles. The van der Waals surface area contributed by atoms with Crippen LogP contribution in [-0.4, -0.2) is 32.8 Å². The highest BCUT2D eigenvalue weighted by atomic mass is 35.5. The highest BCUT2D eigenvalue weighted by molar-refractivity contribution is 6.18. The van der Waals surface area contributed by atoms with Gasteiger partial charge >= 0.3 is 0 Å². The second kappa shape index (κ2) is 5.94. The molecule has 3 heteroatoms. The van der Waals surface area contributed by atoms with Crippen molar-refractivity contribution in [3.63, 3.8) is 0 Å². The summed E-state index contributed by atoms with van der Waals surface area (Å²) in [6.45, 7) is 4.85. The average Bonchev–Trinajstić information content (AvgIpc) is 2.26. The molecule has 0 N–H and O–H groups in total. The molecule has 1 fully saturated rings. The molecule has 0 amide bonds. The zero-order valence-corrected chi connectivity index (χ0v) is 9.98. The van der Waals surface area contributed by atoms with Crippen LogP contribution in [0.25, 0.3) is 0 Å². The van der Waals surface area contributed by atoms with Gasteiger partial charge in [-0.3, -0.25) is 0 Å². The van der Waals surface area contributed by atoms with Crippen molar-refractivity contribution >= 4 is 11.6 Å². The molecule has 1 atom stereocenters. The molecule has 2 nitrogen and oxygen atoms in total. The van der Waals surface area contributed by atoms with Crippen LogP contribution in [0, 0.1) is 11.3 Å². The molecule has 0 bridgehead atoms. The van der Waals surface area contributed by atoms with E-state index in [1.54, 1.807) is 7.11 Å². The van der Waals surface area contributed by atoms with Gasteiger partial charge in [0.2, 0.25) is 0 Å². The summed E-state index contributed by atoms with van der Waals surface area (Å²) < 4.78 is 10.5. The third kappa shape index (κ3) is 2.85. The third-order valence-corrected chi connectivity index (χ3v) is 4.09. The standard InChI is InChI=1S/C11H21ClO2/c1-10(3-6-13-2)11(9-12)4-7-14-8-5-11/h10H,3-9H2,1-2H3. The van der Waals surface area contributed by atoms with E-state index in [0.717, 1.165) is 45.0 Å². The molecule has 1 saturated heterocycles. The van der Waals surface area contributed by atoms with Crippen LogP contribution < -0.4 is 0 Å². The molecular formula is C11H21ClO2. The first kappa shape index (κ1) is 12.3. The predicted octanol–water partition coefficient (Wildman–Crippen LogP) is 2.69. The lowest BCUT2D eigenvalue weighted by atomic mass is 9.71. The van der Waals surface area contributed by atoms with Crippen molar-refractivity contribution in [3.8, 4) is 0 Å². The number of ether oxygens (including phenoxy) is 2. The molecule has 1 rings (SSSR count). The lowest BCUT2D eigenvalue weighted by molar-refractivity contribution is -0.00855. The molecule has 0 aromatic carbocycles. The Morgan fingerprint density at radius 2 is 2.07 bits per heavy atom. The highest BCUT2D eigenvalue weighted by Gasteiger charge is 2.36. The second-order valence-corrected chi connectivity index (χ2v) is 4.56. The molecule has 1 aliphatic rings. The van der Waals surface area contributed by atoms with Gasteiger partial charge in [-0.25, -0.2) is 0 Å². The number of hydrogen-bond donors (Lipinski definition) is 0. The molecule has 1 unspecified atom stereocenters. The van der Waals surface area contributed by atoms with Gasteiger partial charge in [0, 0.05) is 32.8 Å². The normalized spacial score (nSPS) is 23.4. The van der Waals surface area contributed by atoms with Crippen molar-refractivity contribution in [1.29, 1.82) is 0 Å². The van der Waals surface area contributed by atoms with Gasteiger partial charge in [-0.15, -0.1) is 11.6 Å². The van der Waals surface area contributed by atoms with Gasteiger partial charge < -0.3 is 9.47 Å². The maximum Gasteiger partial charge on any atom is 0.0471 e. The van der Waals surface area contributed by atoms with Crippen molar-refractivity contribution in [2.45, 2.75) is 26.2 Å². The zero-order valence-electron chi connectivity index (χ0n) is 9.22. The first-order valence-electron chi connectivity index (χ1n) is 5.38. The van der Waals surface area contributed by atoms with Crippen molar-refractivity contribution in [1.82, 2.24) is 0 Å². The Kier molecular flexibility index (Phi) is 5.21. The fourth-order valence-electron chi connectivity index (χ4n) is 2.14. The van der Waals surface area contributed by atoms with E-state index in [-0.39, 0.29) is 0 Å². The van der Waals surface area contributed by atoms with E-state index in [4.69, 9.17) is 21.1 Å². The molecule has 84 valence electrons. The number of halogens is 1. The fraction of sp³-hybridized carbons (Fsp3) is 1.00. The Morgan fingerprint density at radius 1 is 1.43 bits per heavy atom. The number of hydrogen-bond acceptors (Lipinski definition) is 2. The summed E-state index contributed by atoms with van der Waals surface area (Å²) in [7, 11) is 1.75. The minimum atomic E-state index is 0.290.